The first-order chi connectivity index (χ1) is 30.5. The molecule has 0 aromatic rings. The van der Waals surface area contributed by atoms with Crippen molar-refractivity contribution in [3.8, 4) is 0 Å². The maximum absolute atomic E-state index is 12.8. The number of allylic oxidation sites excluding steroid dienone is 8. The number of carbonyl (C=O) groups excluding carboxylic acids is 3. The van der Waals surface area contributed by atoms with Crippen molar-refractivity contribution >= 4 is 17.9 Å². The van der Waals surface area contributed by atoms with Gasteiger partial charge in [0.25, 0.3) is 0 Å². The monoisotopic (exact) mass is 869 g/mol. The van der Waals surface area contributed by atoms with Crippen molar-refractivity contribution in [3.63, 3.8) is 0 Å². The Morgan fingerprint density at radius 1 is 0.323 bits per heavy atom. The Kier molecular flexibility index (Phi) is 48.8. The zero-order valence-corrected chi connectivity index (χ0v) is 41.1. The number of rotatable bonds is 48. The standard InChI is InChI=1S/C56H100O6/c1-4-7-10-13-16-19-22-25-27-28-30-31-34-37-40-43-46-49-55(58)61-52-53(51-60-54(57)48-45-42-39-36-33-24-21-18-15-12-9-6-3)62-56(59)50-47-44-41-38-35-32-29-26-23-20-17-14-11-8-5-2/h16,18-21,23,25,27,53H,4-15,17,22,24,26,28-52H2,1-3H3/b19-16-,21-18-,23-20-,27-25-. The summed E-state index contributed by atoms with van der Waals surface area (Å²) in [5.74, 6) is -0.894. The number of hydrogen-bond acceptors (Lipinski definition) is 6. The van der Waals surface area contributed by atoms with Crippen LogP contribution in [0.1, 0.15) is 271 Å². The summed E-state index contributed by atoms with van der Waals surface area (Å²) < 4.78 is 16.8. The summed E-state index contributed by atoms with van der Waals surface area (Å²) >= 11 is 0. The van der Waals surface area contributed by atoms with Crippen LogP contribution in [-0.4, -0.2) is 37.2 Å². The summed E-state index contributed by atoms with van der Waals surface area (Å²) in [5, 5.41) is 0. The van der Waals surface area contributed by atoms with E-state index in [-0.39, 0.29) is 31.1 Å². The minimum absolute atomic E-state index is 0.0807. The Morgan fingerprint density at radius 2 is 0.581 bits per heavy atom. The third-order valence-corrected chi connectivity index (χ3v) is 11.5. The second kappa shape index (κ2) is 51.0. The zero-order chi connectivity index (χ0) is 45.1. The third-order valence-electron chi connectivity index (χ3n) is 11.5. The molecule has 0 saturated carbocycles. The van der Waals surface area contributed by atoms with E-state index in [0.717, 1.165) is 77.0 Å². The van der Waals surface area contributed by atoms with Gasteiger partial charge in [-0.1, -0.05) is 198 Å². The topological polar surface area (TPSA) is 78.9 Å². The van der Waals surface area contributed by atoms with Crippen molar-refractivity contribution in [2.45, 2.75) is 277 Å². The van der Waals surface area contributed by atoms with E-state index in [4.69, 9.17) is 14.2 Å². The van der Waals surface area contributed by atoms with Crippen LogP contribution in [0.2, 0.25) is 0 Å². The van der Waals surface area contributed by atoms with Crippen LogP contribution in [0.4, 0.5) is 0 Å². The Balaban J connectivity index is 4.38. The molecule has 0 rings (SSSR count). The van der Waals surface area contributed by atoms with E-state index in [1.54, 1.807) is 0 Å². The molecule has 0 aromatic heterocycles. The molecule has 0 N–H and O–H groups in total. The van der Waals surface area contributed by atoms with Crippen LogP contribution >= 0.6 is 0 Å². The van der Waals surface area contributed by atoms with E-state index in [1.165, 1.54) is 154 Å². The molecule has 0 saturated heterocycles. The highest BCUT2D eigenvalue weighted by atomic mass is 16.6. The normalized spacial score (nSPS) is 12.4. The number of carbonyl (C=O) groups is 3. The first-order valence-corrected chi connectivity index (χ1v) is 26.6. The van der Waals surface area contributed by atoms with E-state index in [9.17, 15) is 14.4 Å². The molecule has 0 aromatic carbocycles. The van der Waals surface area contributed by atoms with Gasteiger partial charge < -0.3 is 14.2 Å². The van der Waals surface area contributed by atoms with E-state index >= 15 is 0 Å². The van der Waals surface area contributed by atoms with Crippen LogP contribution in [0.15, 0.2) is 48.6 Å². The molecular formula is C56H100O6. The predicted molar refractivity (Wildman–Crippen MR) is 265 cm³/mol. The summed E-state index contributed by atoms with van der Waals surface area (Å²) in [6.45, 7) is 6.57. The highest BCUT2D eigenvalue weighted by Gasteiger charge is 2.19. The molecule has 0 fully saturated rings. The third kappa shape index (κ3) is 48.4. The Morgan fingerprint density at radius 3 is 0.935 bits per heavy atom. The molecule has 0 bridgehead atoms. The lowest BCUT2D eigenvalue weighted by Gasteiger charge is -2.18. The van der Waals surface area contributed by atoms with E-state index in [0.29, 0.717) is 19.3 Å². The van der Waals surface area contributed by atoms with Crippen molar-refractivity contribution in [3.05, 3.63) is 48.6 Å². The second-order valence-corrected chi connectivity index (χ2v) is 17.8. The quantitative estimate of drug-likeness (QED) is 0.0262. The first-order valence-electron chi connectivity index (χ1n) is 26.6. The Labute approximate surface area is 384 Å². The van der Waals surface area contributed by atoms with Gasteiger partial charge in [0, 0.05) is 19.3 Å². The molecule has 0 aliphatic rings. The molecular weight excluding hydrogens is 769 g/mol. The van der Waals surface area contributed by atoms with Crippen LogP contribution in [0.25, 0.3) is 0 Å². The van der Waals surface area contributed by atoms with Gasteiger partial charge in [-0.3, -0.25) is 14.4 Å². The Bertz CT molecular complexity index is 1090. The molecule has 0 aliphatic carbocycles. The summed E-state index contributed by atoms with van der Waals surface area (Å²) in [6, 6.07) is 0. The van der Waals surface area contributed by atoms with Gasteiger partial charge in [0.1, 0.15) is 13.2 Å². The SMILES string of the molecule is CCCCC/C=C\C/C=C\CCCCCCCCCC(=O)OCC(COC(=O)CCCCCCC/C=C\CCCCC)OC(=O)CCCCCCCCC/C=C\CCCCCC. The van der Waals surface area contributed by atoms with Gasteiger partial charge in [0.05, 0.1) is 0 Å². The number of hydrogen-bond donors (Lipinski definition) is 0. The first kappa shape index (κ1) is 59.4. The minimum atomic E-state index is -0.780. The molecule has 0 amide bonds. The average Bonchev–Trinajstić information content (AvgIpc) is 3.27. The lowest BCUT2D eigenvalue weighted by molar-refractivity contribution is -0.167. The van der Waals surface area contributed by atoms with Gasteiger partial charge in [0.15, 0.2) is 6.10 Å². The van der Waals surface area contributed by atoms with Crippen molar-refractivity contribution in [1.82, 2.24) is 0 Å². The fourth-order valence-electron chi connectivity index (χ4n) is 7.46. The smallest absolute Gasteiger partial charge is 0.306 e. The molecule has 6 heteroatoms. The lowest BCUT2D eigenvalue weighted by atomic mass is 10.1. The second-order valence-electron chi connectivity index (χ2n) is 17.8. The van der Waals surface area contributed by atoms with E-state index in [1.807, 2.05) is 0 Å². The van der Waals surface area contributed by atoms with Crippen LogP contribution in [0.3, 0.4) is 0 Å². The maximum Gasteiger partial charge on any atom is 0.306 e. The van der Waals surface area contributed by atoms with E-state index in [2.05, 4.69) is 69.4 Å². The zero-order valence-electron chi connectivity index (χ0n) is 41.1. The number of esters is 3. The van der Waals surface area contributed by atoms with Crippen LogP contribution in [-0.2, 0) is 28.6 Å². The number of unbranched alkanes of at least 4 members (excludes halogenated alkanes) is 29. The van der Waals surface area contributed by atoms with Crippen LogP contribution < -0.4 is 0 Å². The van der Waals surface area contributed by atoms with Crippen LogP contribution in [0.5, 0.6) is 0 Å². The van der Waals surface area contributed by atoms with Crippen molar-refractivity contribution in [2.24, 2.45) is 0 Å². The van der Waals surface area contributed by atoms with Gasteiger partial charge >= 0.3 is 17.9 Å². The molecule has 0 spiro atoms. The average molecular weight is 869 g/mol. The fraction of sp³-hybridized carbons (Fsp3) is 0.804. The summed E-state index contributed by atoms with van der Waals surface area (Å²) in [7, 11) is 0. The summed E-state index contributed by atoms with van der Waals surface area (Å²) in [6.07, 6.45) is 60.9. The lowest BCUT2D eigenvalue weighted by Crippen LogP contribution is -2.30. The largest absolute Gasteiger partial charge is 0.462 e. The Hall–Kier alpha value is -2.63. The summed E-state index contributed by atoms with van der Waals surface area (Å²) in [4.78, 5) is 38.0. The van der Waals surface area contributed by atoms with Gasteiger partial charge in [-0.05, 0) is 103 Å². The molecule has 62 heavy (non-hydrogen) atoms. The molecule has 1 atom stereocenters. The summed E-state index contributed by atoms with van der Waals surface area (Å²) in [5.41, 5.74) is 0. The van der Waals surface area contributed by atoms with Crippen molar-refractivity contribution < 1.29 is 28.6 Å². The van der Waals surface area contributed by atoms with Gasteiger partial charge in [0.2, 0.25) is 0 Å². The number of ether oxygens (including phenoxy) is 3. The molecule has 0 radical (unpaired) electrons. The molecule has 360 valence electrons. The van der Waals surface area contributed by atoms with Gasteiger partial charge in [-0.2, -0.15) is 0 Å². The highest BCUT2D eigenvalue weighted by Crippen LogP contribution is 2.15. The maximum atomic E-state index is 12.8. The molecule has 0 aliphatic heterocycles. The van der Waals surface area contributed by atoms with Gasteiger partial charge in [-0.15, -0.1) is 0 Å². The van der Waals surface area contributed by atoms with Crippen molar-refractivity contribution in [1.29, 1.82) is 0 Å². The highest BCUT2D eigenvalue weighted by molar-refractivity contribution is 5.71. The minimum Gasteiger partial charge on any atom is -0.462 e. The van der Waals surface area contributed by atoms with Crippen molar-refractivity contribution in [2.75, 3.05) is 13.2 Å². The van der Waals surface area contributed by atoms with E-state index < -0.39 is 6.10 Å². The molecule has 1 unspecified atom stereocenters. The fourth-order valence-corrected chi connectivity index (χ4v) is 7.46. The van der Waals surface area contributed by atoms with Gasteiger partial charge in [-0.25, -0.2) is 0 Å². The van der Waals surface area contributed by atoms with Crippen LogP contribution in [0, 0.1) is 0 Å². The molecule has 0 heterocycles. The predicted octanol–water partition coefficient (Wildman–Crippen LogP) is 17.5. The molecule has 6 nitrogen and oxygen atoms in total.